The molecule has 1 fully saturated rings. The zero-order valence-electron chi connectivity index (χ0n) is 27.9. The van der Waals surface area contributed by atoms with Crippen LogP contribution in [0.4, 0.5) is 4.79 Å². The maximum Gasteiger partial charge on any atom is 0.519 e. The summed E-state index contributed by atoms with van der Waals surface area (Å²) in [5.74, 6) is 2.34. The molecule has 1 saturated carbocycles. The van der Waals surface area contributed by atoms with Crippen LogP contribution in [0.25, 0.3) is 0 Å². The van der Waals surface area contributed by atoms with E-state index in [0.29, 0.717) is 23.2 Å². The Kier molecular flexibility index (Phi) is 9.29. The summed E-state index contributed by atoms with van der Waals surface area (Å²) in [5, 5.41) is 0. The minimum atomic E-state index is -0.793. The van der Waals surface area contributed by atoms with Crippen molar-refractivity contribution in [3.05, 3.63) is 119 Å². The number of rotatable bonds is 8. The van der Waals surface area contributed by atoms with E-state index in [1.807, 2.05) is 60.7 Å². The lowest BCUT2D eigenvalue weighted by atomic mass is 9.55. The van der Waals surface area contributed by atoms with E-state index in [9.17, 15) is 9.59 Å². The smallest absolute Gasteiger partial charge is 0.497 e. The number of methoxy groups -OCH3 is 1. The molecule has 1 aliphatic rings. The average Bonchev–Trinajstić information content (AvgIpc) is 3.00. The molecule has 0 aromatic heterocycles. The largest absolute Gasteiger partial charge is 0.519 e. The second-order valence-corrected chi connectivity index (χ2v) is 13.9. The Labute approximate surface area is 272 Å². The first kappa shape index (κ1) is 32.8. The van der Waals surface area contributed by atoms with Crippen molar-refractivity contribution in [3.63, 3.8) is 0 Å². The zero-order chi connectivity index (χ0) is 33.1. The Morgan fingerprint density at radius 2 is 1.07 bits per heavy atom. The van der Waals surface area contributed by atoms with Crippen LogP contribution in [0.15, 0.2) is 97.1 Å². The third-order valence-electron chi connectivity index (χ3n) is 9.24. The zero-order valence-corrected chi connectivity index (χ0v) is 27.9. The van der Waals surface area contributed by atoms with Gasteiger partial charge in [0.1, 0.15) is 23.0 Å². The molecule has 0 saturated heterocycles. The van der Waals surface area contributed by atoms with Gasteiger partial charge < -0.3 is 18.9 Å². The van der Waals surface area contributed by atoms with E-state index >= 15 is 0 Å². The molecule has 4 aromatic rings. The van der Waals surface area contributed by atoms with Crippen molar-refractivity contribution in [2.75, 3.05) is 7.11 Å². The molecule has 1 aliphatic carbocycles. The lowest BCUT2D eigenvalue weighted by molar-refractivity contribution is -0.131. The second-order valence-electron chi connectivity index (χ2n) is 13.9. The molecular weight excluding hydrogens is 576 g/mol. The molecule has 6 nitrogen and oxygen atoms in total. The topological polar surface area (TPSA) is 71.1 Å². The van der Waals surface area contributed by atoms with Crippen LogP contribution in [0.3, 0.4) is 0 Å². The molecule has 0 N–H and O–H groups in total. The van der Waals surface area contributed by atoms with Gasteiger partial charge in [-0.25, -0.2) is 4.79 Å². The minimum absolute atomic E-state index is 0.130. The average molecular weight is 621 g/mol. The normalized spacial score (nSPS) is 19.2. The van der Waals surface area contributed by atoms with Gasteiger partial charge in [-0.15, -0.1) is 0 Å². The van der Waals surface area contributed by atoms with E-state index in [1.54, 1.807) is 19.2 Å². The van der Waals surface area contributed by atoms with Gasteiger partial charge in [0.05, 0.1) is 7.11 Å². The number of esters is 1. The first-order chi connectivity index (χ1) is 21.8. The van der Waals surface area contributed by atoms with Crippen molar-refractivity contribution in [1.82, 2.24) is 0 Å². The Hall–Kier alpha value is -4.58. The van der Waals surface area contributed by atoms with Crippen molar-refractivity contribution in [2.45, 2.75) is 71.6 Å². The van der Waals surface area contributed by atoms with Gasteiger partial charge in [0.25, 0.3) is 0 Å². The van der Waals surface area contributed by atoms with Gasteiger partial charge >= 0.3 is 12.1 Å². The van der Waals surface area contributed by atoms with Crippen molar-refractivity contribution in [1.29, 1.82) is 0 Å². The van der Waals surface area contributed by atoms with Crippen molar-refractivity contribution in [2.24, 2.45) is 11.3 Å². The fourth-order valence-corrected chi connectivity index (χ4v) is 7.36. The van der Waals surface area contributed by atoms with Gasteiger partial charge in [0, 0.05) is 17.8 Å². The Balaban J connectivity index is 1.30. The minimum Gasteiger partial charge on any atom is -0.497 e. The summed E-state index contributed by atoms with van der Waals surface area (Å²) in [6.45, 7) is 12.7. The summed E-state index contributed by atoms with van der Waals surface area (Å²) in [6.07, 6.45) is 2.30. The van der Waals surface area contributed by atoms with E-state index in [-0.39, 0.29) is 22.2 Å². The van der Waals surface area contributed by atoms with Crippen LogP contribution >= 0.6 is 0 Å². The molecule has 0 spiro atoms. The standard InChI is InChI=1S/C40H44O6/c1-27-24-38(3,4)26-40(25-27,31-12-20-34(21-13-31)44-28(2)41)32-14-22-36(23-15-32)46-37(42)45-35-18-10-30(11-19-35)39(5,6)29-8-16-33(43-7)17-9-29/h8-23,27H,24-26H2,1-7H3. The third-order valence-corrected chi connectivity index (χ3v) is 9.24. The Morgan fingerprint density at radius 1 is 0.652 bits per heavy atom. The van der Waals surface area contributed by atoms with Gasteiger partial charge in [-0.3, -0.25) is 4.79 Å². The van der Waals surface area contributed by atoms with E-state index in [1.165, 1.54) is 12.5 Å². The van der Waals surface area contributed by atoms with Crippen LogP contribution in [0.5, 0.6) is 23.0 Å². The van der Waals surface area contributed by atoms with E-state index in [2.05, 4.69) is 58.9 Å². The maximum atomic E-state index is 12.8. The fraction of sp³-hybridized carbons (Fsp3) is 0.350. The second kappa shape index (κ2) is 13.0. The number of ether oxygens (including phenoxy) is 4. The third kappa shape index (κ3) is 7.28. The molecule has 0 heterocycles. The number of hydrogen-bond donors (Lipinski definition) is 0. The summed E-state index contributed by atoms with van der Waals surface area (Å²) in [5.41, 5.74) is 4.21. The van der Waals surface area contributed by atoms with Crippen LogP contribution in [-0.4, -0.2) is 19.2 Å². The number of carbonyl (C=O) groups is 2. The van der Waals surface area contributed by atoms with Crippen LogP contribution in [0, 0.1) is 11.3 Å². The van der Waals surface area contributed by atoms with E-state index < -0.39 is 6.16 Å². The molecule has 4 aromatic carbocycles. The van der Waals surface area contributed by atoms with Gasteiger partial charge in [0.2, 0.25) is 0 Å². The molecule has 2 atom stereocenters. The highest BCUT2D eigenvalue weighted by Crippen LogP contribution is 2.53. The Morgan fingerprint density at radius 3 is 1.48 bits per heavy atom. The van der Waals surface area contributed by atoms with Gasteiger partial charge in [-0.1, -0.05) is 83.1 Å². The number of benzene rings is 4. The predicted octanol–water partition coefficient (Wildman–Crippen LogP) is 9.66. The van der Waals surface area contributed by atoms with Gasteiger partial charge in [-0.05, 0) is 101 Å². The predicted molar refractivity (Wildman–Crippen MR) is 180 cm³/mol. The van der Waals surface area contributed by atoms with Crippen LogP contribution in [-0.2, 0) is 15.6 Å². The van der Waals surface area contributed by atoms with Gasteiger partial charge in [-0.2, -0.15) is 0 Å². The summed E-state index contributed by atoms with van der Waals surface area (Å²) in [7, 11) is 1.66. The number of carbonyl (C=O) groups excluding carboxylic acids is 2. The van der Waals surface area contributed by atoms with E-state index in [4.69, 9.17) is 18.9 Å². The molecule has 240 valence electrons. The first-order valence-corrected chi connectivity index (χ1v) is 15.8. The summed E-state index contributed by atoms with van der Waals surface area (Å²) in [4.78, 5) is 24.2. The fourth-order valence-electron chi connectivity index (χ4n) is 7.36. The molecule has 0 amide bonds. The lowest BCUT2D eigenvalue weighted by Crippen LogP contribution is -2.41. The molecule has 0 radical (unpaired) electrons. The lowest BCUT2D eigenvalue weighted by Gasteiger charge is -2.48. The summed E-state index contributed by atoms with van der Waals surface area (Å²) < 4.78 is 21.7. The van der Waals surface area contributed by atoms with Crippen LogP contribution < -0.4 is 18.9 Å². The molecular formula is C40H44O6. The molecule has 5 rings (SSSR count). The summed E-state index contributed by atoms with van der Waals surface area (Å²) >= 11 is 0. The van der Waals surface area contributed by atoms with Gasteiger partial charge in [0.15, 0.2) is 0 Å². The Bertz CT molecular complexity index is 1650. The van der Waals surface area contributed by atoms with E-state index in [0.717, 1.165) is 41.7 Å². The quantitative estimate of drug-likeness (QED) is 0.111. The van der Waals surface area contributed by atoms with Crippen molar-refractivity contribution < 1.29 is 28.5 Å². The molecule has 0 aliphatic heterocycles. The highest BCUT2D eigenvalue weighted by atomic mass is 16.7. The number of hydrogen-bond acceptors (Lipinski definition) is 6. The van der Waals surface area contributed by atoms with Crippen LogP contribution in [0.1, 0.15) is 83.1 Å². The SMILES string of the molecule is COc1ccc(C(C)(C)c2ccc(OC(=O)Oc3ccc(C4(c5ccc(OC(C)=O)cc5)CC(C)CC(C)(C)C4)cc3)cc2)cc1. The molecule has 2 unspecified atom stereocenters. The molecule has 6 heteroatoms. The highest BCUT2D eigenvalue weighted by Gasteiger charge is 2.45. The van der Waals surface area contributed by atoms with Crippen molar-refractivity contribution >= 4 is 12.1 Å². The van der Waals surface area contributed by atoms with Crippen molar-refractivity contribution in [3.8, 4) is 23.0 Å². The van der Waals surface area contributed by atoms with Crippen LogP contribution in [0.2, 0.25) is 0 Å². The highest BCUT2D eigenvalue weighted by molar-refractivity contribution is 5.69. The maximum absolute atomic E-state index is 12.8. The molecule has 46 heavy (non-hydrogen) atoms. The first-order valence-electron chi connectivity index (χ1n) is 15.8. The summed E-state index contributed by atoms with van der Waals surface area (Å²) in [6, 6.07) is 31.2. The molecule has 0 bridgehead atoms. The monoisotopic (exact) mass is 620 g/mol.